The van der Waals surface area contributed by atoms with E-state index in [1.807, 2.05) is 6.92 Å². The van der Waals surface area contributed by atoms with Crippen LogP contribution in [0.3, 0.4) is 0 Å². The van der Waals surface area contributed by atoms with Gasteiger partial charge >= 0.3 is 0 Å². The van der Waals surface area contributed by atoms with Crippen LogP contribution in [0.25, 0.3) is 0 Å². The molecule has 1 fully saturated rings. The lowest BCUT2D eigenvalue weighted by molar-refractivity contribution is 0.396. The summed E-state index contributed by atoms with van der Waals surface area (Å²) in [6.45, 7) is 4.70. The molecular weight excluding hydrogens is 178 g/mol. The highest BCUT2D eigenvalue weighted by molar-refractivity contribution is 5.27. The fourth-order valence-electron chi connectivity index (χ4n) is 1.92. The zero-order chi connectivity index (χ0) is 9.97. The van der Waals surface area contributed by atoms with Gasteiger partial charge in [-0.2, -0.15) is 0 Å². The zero-order valence-corrected chi connectivity index (χ0v) is 8.57. The van der Waals surface area contributed by atoms with Crippen LogP contribution in [0.2, 0.25) is 0 Å². The first-order chi connectivity index (χ1) is 6.79. The number of nitrogens with zero attached hydrogens (tertiary/aromatic N) is 2. The van der Waals surface area contributed by atoms with Gasteiger partial charge in [-0.25, -0.2) is 4.98 Å². The maximum Gasteiger partial charge on any atom is 0.297 e. The van der Waals surface area contributed by atoms with Gasteiger partial charge in [0.25, 0.3) is 6.01 Å². The van der Waals surface area contributed by atoms with Gasteiger partial charge < -0.3 is 15.1 Å². The topological polar surface area (TPSA) is 55.3 Å². The second-order valence-electron chi connectivity index (χ2n) is 3.94. The Labute approximate surface area is 84.1 Å². The molecule has 1 aliphatic heterocycles. The summed E-state index contributed by atoms with van der Waals surface area (Å²) in [6, 6.07) is 0.751. The highest BCUT2D eigenvalue weighted by Gasteiger charge is 2.21. The smallest absolute Gasteiger partial charge is 0.297 e. The Morgan fingerprint density at radius 3 is 3.21 bits per heavy atom. The first-order valence-corrected chi connectivity index (χ1v) is 5.17. The van der Waals surface area contributed by atoms with E-state index in [9.17, 15) is 0 Å². The van der Waals surface area contributed by atoms with Crippen molar-refractivity contribution in [2.24, 2.45) is 11.7 Å². The van der Waals surface area contributed by atoms with Crippen molar-refractivity contribution < 1.29 is 4.42 Å². The minimum atomic E-state index is 0.593. The van der Waals surface area contributed by atoms with Crippen LogP contribution in [0.5, 0.6) is 0 Å². The van der Waals surface area contributed by atoms with Gasteiger partial charge in [0, 0.05) is 13.1 Å². The summed E-state index contributed by atoms with van der Waals surface area (Å²) in [7, 11) is 0. The molecule has 1 atom stereocenters. The van der Waals surface area contributed by atoms with Crippen LogP contribution >= 0.6 is 0 Å². The first kappa shape index (κ1) is 9.52. The molecule has 2 N–H and O–H groups in total. The average Bonchev–Trinajstić information content (AvgIpc) is 2.65. The van der Waals surface area contributed by atoms with Gasteiger partial charge in [0.2, 0.25) is 0 Å². The Balaban J connectivity index is 2.04. The molecule has 14 heavy (non-hydrogen) atoms. The monoisotopic (exact) mass is 195 g/mol. The maximum absolute atomic E-state index is 5.67. The molecule has 0 aliphatic carbocycles. The van der Waals surface area contributed by atoms with E-state index in [4.69, 9.17) is 10.2 Å². The normalized spacial score (nSPS) is 22.7. The molecule has 4 heteroatoms. The minimum absolute atomic E-state index is 0.593. The van der Waals surface area contributed by atoms with Crippen molar-refractivity contribution in [3.05, 3.63) is 12.0 Å². The lowest BCUT2D eigenvalue weighted by atomic mass is 9.99. The number of aryl methyl sites for hydroxylation is 1. The predicted molar refractivity (Wildman–Crippen MR) is 55.2 cm³/mol. The largest absolute Gasteiger partial charge is 0.429 e. The van der Waals surface area contributed by atoms with E-state index >= 15 is 0 Å². The summed E-state index contributed by atoms with van der Waals surface area (Å²) in [5, 5.41) is 0. The number of hydrogen-bond acceptors (Lipinski definition) is 4. The number of oxazole rings is 1. The molecule has 0 aromatic carbocycles. The van der Waals surface area contributed by atoms with Crippen LogP contribution in [-0.4, -0.2) is 24.6 Å². The predicted octanol–water partition coefficient (Wildman–Crippen LogP) is 1.16. The van der Waals surface area contributed by atoms with E-state index in [2.05, 4.69) is 9.88 Å². The van der Waals surface area contributed by atoms with Crippen LogP contribution in [0.4, 0.5) is 6.01 Å². The first-order valence-electron chi connectivity index (χ1n) is 5.17. The molecule has 0 radical (unpaired) electrons. The molecule has 2 rings (SSSR count). The van der Waals surface area contributed by atoms with Crippen LogP contribution in [0.1, 0.15) is 18.6 Å². The van der Waals surface area contributed by atoms with E-state index in [1.165, 1.54) is 12.8 Å². The Kier molecular flexibility index (Phi) is 2.72. The van der Waals surface area contributed by atoms with E-state index < -0.39 is 0 Å². The summed E-state index contributed by atoms with van der Waals surface area (Å²) < 4.78 is 5.49. The summed E-state index contributed by atoms with van der Waals surface area (Å²) in [5.41, 5.74) is 5.67. The Morgan fingerprint density at radius 2 is 2.57 bits per heavy atom. The lowest BCUT2D eigenvalue weighted by Crippen LogP contribution is -2.38. The molecular formula is C10H17N3O. The number of hydrogen-bond donors (Lipinski definition) is 1. The summed E-state index contributed by atoms with van der Waals surface area (Å²) >= 11 is 0. The van der Waals surface area contributed by atoms with Gasteiger partial charge in [-0.05, 0) is 32.2 Å². The van der Waals surface area contributed by atoms with Crippen molar-refractivity contribution in [1.29, 1.82) is 0 Å². The van der Waals surface area contributed by atoms with Crippen molar-refractivity contribution >= 4 is 6.01 Å². The molecule has 1 unspecified atom stereocenters. The number of rotatable bonds is 2. The third kappa shape index (κ3) is 1.90. The maximum atomic E-state index is 5.67. The number of aromatic nitrogens is 1. The Bertz CT molecular complexity index is 297. The van der Waals surface area contributed by atoms with Crippen LogP contribution in [0.15, 0.2) is 10.6 Å². The molecule has 1 aromatic rings. The van der Waals surface area contributed by atoms with Crippen LogP contribution < -0.4 is 10.6 Å². The minimum Gasteiger partial charge on any atom is -0.429 e. The van der Waals surface area contributed by atoms with Gasteiger partial charge in [-0.15, -0.1) is 0 Å². The summed E-state index contributed by atoms with van der Waals surface area (Å²) in [6.07, 6.45) is 4.18. The molecule has 1 aliphatic rings. The fourth-order valence-corrected chi connectivity index (χ4v) is 1.92. The number of anilines is 1. The standard InChI is InChI=1S/C10H17N3O/c1-8-6-12-10(14-8)13-4-2-3-9(5-11)7-13/h6,9H,2-5,7,11H2,1H3. The van der Waals surface area contributed by atoms with Crippen molar-refractivity contribution in [2.75, 3.05) is 24.5 Å². The van der Waals surface area contributed by atoms with Crippen LogP contribution in [-0.2, 0) is 0 Å². The van der Waals surface area contributed by atoms with Crippen molar-refractivity contribution in [3.8, 4) is 0 Å². The number of piperidine rings is 1. The fraction of sp³-hybridized carbons (Fsp3) is 0.700. The molecule has 0 amide bonds. The second kappa shape index (κ2) is 4.00. The van der Waals surface area contributed by atoms with Gasteiger partial charge in [0.05, 0.1) is 6.20 Å². The summed E-state index contributed by atoms with van der Waals surface area (Å²) in [4.78, 5) is 6.42. The van der Waals surface area contributed by atoms with Crippen molar-refractivity contribution in [2.45, 2.75) is 19.8 Å². The molecule has 1 saturated heterocycles. The van der Waals surface area contributed by atoms with Gasteiger partial charge in [-0.1, -0.05) is 0 Å². The molecule has 1 aromatic heterocycles. The lowest BCUT2D eigenvalue weighted by Gasteiger charge is -2.30. The summed E-state index contributed by atoms with van der Waals surface area (Å²) in [5.74, 6) is 1.46. The second-order valence-corrected chi connectivity index (χ2v) is 3.94. The average molecular weight is 195 g/mol. The molecule has 0 spiro atoms. The molecule has 4 nitrogen and oxygen atoms in total. The molecule has 2 heterocycles. The highest BCUT2D eigenvalue weighted by atomic mass is 16.4. The van der Waals surface area contributed by atoms with Crippen LogP contribution in [0, 0.1) is 12.8 Å². The van der Waals surface area contributed by atoms with E-state index in [0.29, 0.717) is 5.92 Å². The van der Waals surface area contributed by atoms with E-state index in [-0.39, 0.29) is 0 Å². The highest BCUT2D eigenvalue weighted by Crippen LogP contribution is 2.21. The zero-order valence-electron chi connectivity index (χ0n) is 8.57. The quantitative estimate of drug-likeness (QED) is 0.769. The Hall–Kier alpha value is -1.03. The Morgan fingerprint density at radius 1 is 1.71 bits per heavy atom. The third-order valence-electron chi connectivity index (χ3n) is 2.73. The van der Waals surface area contributed by atoms with Gasteiger partial charge in [0.15, 0.2) is 0 Å². The molecule has 0 saturated carbocycles. The molecule has 0 bridgehead atoms. The third-order valence-corrected chi connectivity index (χ3v) is 2.73. The van der Waals surface area contributed by atoms with E-state index in [1.54, 1.807) is 6.20 Å². The van der Waals surface area contributed by atoms with Crippen molar-refractivity contribution in [3.63, 3.8) is 0 Å². The van der Waals surface area contributed by atoms with E-state index in [0.717, 1.165) is 31.4 Å². The van der Waals surface area contributed by atoms with Crippen molar-refractivity contribution in [1.82, 2.24) is 4.98 Å². The number of nitrogens with two attached hydrogens (primary N) is 1. The van der Waals surface area contributed by atoms with Gasteiger partial charge in [-0.3, -0.25) is 0 Å². The SMILES string of the molecule is Cc1cnc(N2CCCC(CN)C2)o1. The molecule has 78 valence electrons. The van der Waals surface area contributed by atoms with Gasteiger partial charge in [0.1, 0.15) is 5.76 Å².